The molecule has 1 aromatic rings. The molecular weight excluding hydrogens is 254 g/mol. The van der Waals surface area contributed by atoms with Crippen molar-refractivity contribution in [1.29, 1.82) is 5.26 Å². The van der Waals surface area contributed by atoms with E-state index in [-0.39, 0.29) is 0 Å². The molecule has 0 spiro atoms. The van der Waals surface area contributed by atoms with Crippen LogP contribution in [-0.2, 0) is 0 Å². The van der Waals surface area contributed by atoms with Gasteiger partial charge in [-0.05, 0) is 45.3 Å². The molecule has 1 saturated heterocycles. The minimum atomic E-state index is 0.441. The first-order valence-corrected chi connectivity index (χ1v) is 7.92. The van der Waals surface area contributed by atoms with Gasteiger partial charge in [0.15, 0.2) is 0 Å². The maximum atomic E-state index is 9.47. The molecule has 1 unspecified atom stereocenters. The first kappa shape index (κ1) is 14.2. The van der Waals surface area contributed by atoms with Crippen molar-refractivity contribution in [3.05, 3.63) is 23.8 Å². The first-order chi connectivity index (χ1) is 9.17. The van der Waals surface area contributed by atoms with Gasteiger partial charge in [0.2, 0.25) is 0 Å². The van der Waals surface area contributed by atoms with E-state index in [1.807, 2.05) is 12.3 Å². The minimum Gasteiger partial charge on any atom is -0.366 e. The molecule has 102 valence electrons. The van der Waals surface area contributed by atoms with Gasteiger partial charge in [0.25, 0.3) is 0 Å². The fourth-order valence-corrected chi connectivity index (χ4v) is 3.34. The zero-order valence-corrected chi connectivity index (χ0v) is 12.7. The highest BCUT2D eigenvalue weighted by Gasteiger charge is 2.22. The Balaban J connectivity index is 2.38. The quantitative estimate of drug-likeness (QED) is 0.777. The van der Waals surface area contributed by atoms with Crippen LogP contribution in [0.3, 0.4) is 0 Å². The fourth-order valence-electron chi connectivity index (χ4n) is 2.77. The Bertz CT molecular complexity index is 481. The van der Waals surface area contributed by atoms with Crippen LogP contribution < -0.4 is 4.90 Å². The molecule has 2 rings (SSSR count). The van der Waals surface area contributed by atoms with E-state index in [0.29, 0.717) is 6.04 Å². The van der Waals surface area contributed by atoms with E-state index in [1.54, 1.807) is 11.8 Å². The summed E-state index contributed by atoms with van der Waals surface area (Å²) in [7, 11) is 2.17. The fraction of sp³-hybridized carbons (Fsp3) is 0.533. The van der Waals surface area contributed by atoms with Gasteiger partial charge < -0.3 is 9.80 Å². The average molecular weight is 275 g/mol. The SMILES string of the molecule is CSc1cccc(N2CCCN(C)CC2C)c1C#N. The zero-order valence-electron chi connectivity index (χ0n) is 11.9. The van der Waals surface area contributed by atoms with Crippen molar-refractivity contribution in [2.24, 2.45) is 0 Å². The number of thioether (sulfide) groups is 1. The number of hydrogen-bond acceptors (Lipinski definition) is 4. The summed E-state index contributed by atoms with van der Waals surface area (Å²) in [5.74, 6) is 0. The highest BCUT2D eigenvalue weighted by atomic mass is 32.2. The molecule has 0 radical (unpaired) electrons. The number of anilines is 1. The molecule has 1 aliphatic heterocycles. The van der Waals surface area contributed by atoms with Gasteiger partial charge in [0.05, 0.1) is 11.3 Å². The normalized spacial score (nSPS) is 20.9. The van der Waals surface area contributed by atoms with Crippen molar-refractivity contribution < 1.29 is 0 Å². The van der Waals surface area contributed by atoms with Crippen LogP contribution in [0.25, 0.3) is 0 Å². The summed E-state index contributed by atoms with van der Waals surface area (Å²) < 4.78 is 0. The smallest absolute Gasteiger partial charge is 0.103 e. The Morgan fingerprint density at radius 2 is 2.16 bits per heavy atom. The van der Waals surface area contributed by atoms with Gasteiger partial charge >= 0.3 is 0 Å². The third-order valence-corrected chi connectivity index (χ3v) is 4.47. The minimum absolute atomic E-state index is 0.441. The predicted octanol–water partition coefficient (Wildman–Crippen LogP) is 2.81. The second-order valence-electron chi connectivity index (χ2n) is 5.12. The molecule has 3 nitrogen and oxygen atoms in total. The number of nitrogens with zero attached hydrogens (tertiary/aromatic N) is 3. The molecule has 0 amide bonds. The second-order valence-corrected chi connectivity index (χ2v) is 5.97. The highest BCUT2D eigenvalue weighted by molar-refractivity contribution is 7.98. The Hall–Kier alpha value is -1.18. The predicted molar refractivity (Wildman–Crippen MR) is 81.9 cm³/mol. The summed E-state index contributed by atoms with van der Waals surface area (Å²) in [6.07, 6.45) is 3.18. The largest absolute Gasteiger partial charge is 0.366 e. The molecule has 0 aromatic heterocycles. The van der Waals surface area contributed by atoms with E-state index < -0.39 is 0 Å². The van der Waals surface area contributed by atoms with Gasteiger partial charge in [-0.1, -0.05) is 6.07 Å². The summed E-state index contributed by atoms with van der Waals surface area (Å²) in [4.78, 5) is 5.83. The van der Waals surface area contributed by atoms with E-state index >= 15 is 0 Å². The number of rotatable bonds is 2. The Morgan fingerprint density at radius 1 is 1.37 bits per heavy atom. The Labute approximate surface area is 120 Å². The van der Waals surface area contributed by atoms with Crippen LogP contribution in [0, 0.1) is 11.3 Å². The molecule has 0 N–H and O–H groups in total. The van der Waals surface area contributed by atoms with Crippen LogP contribution >= 0.6 is 11.8 Å². The summed E-state index contributed by atoms with van der Waals surface area (Å²) in [5.41, 5.74) is 1.92. The third kappa shape index (κ3) is 3.05. The van der Waals surface area contributed by atoms with Crippen LogP contribution in [0.4, 0.5) is 5.69 Å². The van der Waals surface area contributed by atoms with Gasteiger partial charge in [0, 0.05) is 24.0 Å². The standard InChI is InChI=1S/C15H21N3S/c1-12-11-17(2)8-5-9-18(12)14-6-4-7-15(19-3)13(14)10-16/h4,6-7,12H,5,8-9,11H2,1-3H3. The van der Waals surface area contributed by atoms with E-state index in [2.05, 4.69) is 42.0 Å². The van der Waals surface area contributed by atoms with Crippen LogP contribution in [0.15, 0.2) is 23.1 Å². The van der Waals surface area contributed by atoms with Crippen molar-refractivity contribution >= 4 is 17.4 Å². The summed E-state index contributed by atoms with van der Waals surface area (Å²) in [6.45, 7) is 5.45. The third-order valence-electron chi connectivity index (χ3n) is 3.69. The maximum Gasteiger partial charge on any atom is 0.103 e. The zero-order chi connectivity index (χ0) is 13.8. The number of likely N-dealkylation sites (N-methyl/N-ethyl adjacent to an activating group) is 1. The van der Waals surface area contributed by atoms with E-state index in [0.717, 1.165) is 42.2 Å². The lowest BCUT2D eigenvalue weighted by atomic mass is 10.1. The number of hydrogen-bond donors (Lipinski definition) is 0. The van der Waals surface area contributed by atoms with Crippen molar-refractivity contribution in [2.45, 2.75) is 24.3 Å². The number of nitriles is 1. The van der Waals surface area contributed by atoms with E-state index in [1.165, 1.54) is 0 Å². The lowest BCUT2D eigenvalue weighted by Crippen LogP contribution is -2.38. The maximum absolute atomic E-state index is 9.47. The molecule has 19 heavy (non-hydrogen) atoms. The van der Waals surface area contributed by atoms with Crippen molar-refractivity contribution in [3.8, 4) is 6.07 Å². The van der Waals surface area contributed by atoms with Crippen molar-refractivity contribution in [2.75, 3.05) is 37.8 Å². The molecule has 1 heterocycles. The van der Waals surface area contributed by atoms with Gasteiger partial charge in [-0.15, -0.1) is 11.8 Å². The lowest BCUT2D eigenvalue weighted by Gasteiger charge is -2.31. The Morgan fingerprint density at radius 3 is 2.84 bits per heavy atom. The number of benzene rings is 1. The topological polar surface area (TPSA) is 30.3 Å². The van der Waals surface area contributed by atoms with Crippen LogP contribution in [0.5, 0.6) is 0 Å². The second kappa shape index (κ2) is 6.31. The van der Waals surface area contributed by atoms with E-state index in [4.69, 9.17) is 0 Å². The van der Waals surface area contributed by atoms with Crippen molar-refractivity contribution in [3.63, 3.8) is 0 Å². The van der Waals surface area contributed by atoms with Crippen molar-refractivity contribution in [1.82, 2.24) is 4.90 Å². The molecule has 1 atom stereocenters. The first-order valence-electron chi connectivity index (χ1n) is 6.69. The van der Waals surface area contributed by atoms with E-state index in [9.17, 15) is 5.26 Å². The molecule has 0 bridgehead atoms. The Kier molecular flexibility index (Phi) is 4.73. The summed E-state index contributed by atoms with van der Waals surface area (Å²) in [6, 6.07) is 9.00. The highest BCUT2D eigenvalue weighted by Crippen LogP contribution is 2.31. The van der Waals surface area contributed by atoms with Crippen LogP contribution in [0.1, 0.15) is 18.9 Å². The van der Waals surface area contributed by atoms with Crippen LogP contribution in [0.2, 0.25) is 0 Å². The molecule has 4 heteroatoms. The van der Waals surface area contributed by atoms with Gasteiger partial charge in [-0.2, -0.15) is 5.26 Å². The molecule has 1 aliphatic rings. The van der Waals surface area contributed by atoms with Gasteiger partial charge in [-0.25, -0.2) is 0 Å². The van der Waals surface area contributed by atoms with Crippen LogP contribution in [-0.4, -0.2) is 43.9 Å². The molecular formula is C15H21N3S. The lowest BCUT2D eigenvalue weighted by molar-refractivity contribution is 0.337. The molecule has 1 aromatic carbocycles. The molecule has 0 saturated carbocycles. The molecule has 1 fully saturated rings. The molecule has 0 aliphatic carbocycles. The average Bonchev–Trinajstić information content (AvgIpc) is 2.58. The monoisotopic (exact) mass is 275 g/mol. The summed E-state index contributed by atoms with van der Waals surface area (Å²) in [5, 5.41) is 9.47. The van der Waals surface area contributed by atoms with Gasteiger partial charge in [0.1, 0.15) is 6.07 Å². The summed E-state index contributed by atoms with van der Waals surface area (Å²) >= 11 is 1.65. The van der Waals surface area contributed by atoms with Gasteiger partial charge in [-0.3, -0.25) is 0 Å².